The molecule has 1 aromatic heterocycles. The van der Waals surface area contributed by atoms with Crippen LogP contribution in [0.2, 0.25) is 0 Å². The van der Waals surface area contributed by atoms with Gasteiger partial charge in [-0.1, -0.05) is 0 Å². The van der Waals surface area contributed by atoms with Crippen molar-refractivity contribution < 1.29 is 4.79 Å². The Hall–Kier alpha value is -1.62. The summed E-state index contributed by atoms with van der Waals surface area (Å²) in [4.78, 5) is 17.9. The molecule has 5 nitrogen and oxygen atoms in total. The Bertz CT molecular complexity index is 390. The van der Waals surface area contributed by atoms with Crippen LogP contribution in [0.5, 0.6) is 0 Å². The van der Waals surface area contributed by atoms with Gasteiger partial charge in [-0.25, -0.2) is 4.98 Å². The molecule has 2 N–H and O–H groups in total. The van der Waals surface area contributed by atoms with E-state index in [9.17, 15) is 4.79 Å². The van der Waals surface area contributed by atoms with Crippen LogP contribution in [0.4, 0.5) is 5.69 Å². The molecule has 92 valence electrons. The van der Waals surface area contributed by atoms with Gasteiger partial charge in [-0.3, -0.25) is 4.79 Å². The van der Waals surface area contributed by atoms with Crippen molar-refractivity contribution in [1.29, 1.82) is 0 Å². The number of anilines is 1. The second-order valence-corrected chi connectivity index (χ2v) is 4.23. The molecule has 2 heterocycles. The van der Waals surface area contributed by atoms with Gasteiger partial charge in [-0.15, -0.1) is 0 Å². The molecule has 5 heteroatoms. The lowest BCUT2D eigenvalue weighted by Crippen LogP contribution is -2.50. The molecule has 1 aromatic rings. The zero-order chi connectivity index (χ0) is 12.3. The summed E-state index contributed by atoms with van der Waals surface area (Å²) in [5.74, 6) is -0.148. The van der Waals surface area contributed by atoms with E-state index in [0.717, 1.165) is 25.3 Å². The monoisotopic (exact) mass is 234 g/mol. The molecule has 1 unspecified atom stereocenters. The van der Waals surface area contributed by atoms with Gasteiger partial charge in [0.25, 0.3) is 5.91 Å². The minimum Gasteiger partial charge on any atom is -0.365 e. The van der Waals surface area contributed by atoms with E-state index in [1.54, 1.807) is 19.3 Å². The van der Waals surface area contributed by atoms with Crippen LogP contribution in [0, 0.1) is 0 Å². The first-order chi connectivity index (χ1) is 8.22. The van der Waals surface area contributed by atoms with Crippen molar-refractivity contribution in [2.24, 2.45) is 0 Å². The largest absolute Gasteiger partial charge is 0.365 e. The Morgan fingerprint density at radius 3 is 3.00 bits per heavy atom. The van der Waals surface area contributed by atoms with Crippen LogP contribution in [0.1, 0.15) is 17.4 Å². The van der Waals surface area contributed by atoms with Gasteiger partial charge in [-0.05, 0) is 19.1 Å². The first-order valence-corrected chi connectivity index (χ1v) is 5.88. The minimum atomic E-state index is -0.148. The maximum absolute atomic E-state index is 11.4. The molecule has 0 spiro atoms. The molecule has 1 fully saturated rings. The highest BCUT2D eigenvalue weighted by Gasteiger charge is 2.18. The number of rotatable bonds is 2. The lowest BCUT2D eigenvalue weighted by atomic mass is 10.2. The molecular formula is C12H18N4O. The maximum Gasteiger partial charge on any atom is 0.269 e. The zero-order valence-corrected chi connectivity index (χ0v) is 10.2. The molecule has 1 aliphatic rings. The van der Waals surface area contributed by atoms with Gasteiger partial charge >= 0.3 is 0 Å². The first kappa shape index (κ1) is 11.9. The molecule has 0 saturated carbocycles. The third kappa shape index (κ3) is 2.55. The molecule has 1 amide bonds. The predicted molar refractivity (Wildman–Crippen MR) is 67.3 cm³/mol. The molecule has 1 saturated heterocycles. The summed E-state index contributed by atoms with van der Waals surface area (Å²) in [5, 5.41) is 5.91. The number of carbonyl (C=O) groups excluding carboxylic acids is 1. The van der Waals surface area contributed by atoms with Gasteiger partial charge < -0.3 is 15.5 Å². The average molecular weight is 234 g/mol. The number of nitrogens with zero attached hydrogens (tertiary/aromatic N) is 2. The molecule has 0 aromatic carbocycles. The summed E-state index contributed by atoms with van der Waals surface area (Å²) in [6, 6.07) is 4.18. The fraction of sp³-hybridized carbons (Fsp3) is 0.500. The van der Waals surface area contributed by atoms with Gasteiger partial charge in [0.15, 0.2) is 0 Å². The smallest absolute Gasteiger partial charge is 0.269 e. The lowest BCUT2D eigenvalue weighted by Gasteiger charge is -2.35. The Morgan fingerprint density at radius 2 is 2.41 bits per heavy atom. The van der Waals surface area contributed by atoms with Crippen LogP contribution in [-0.2, 0) is 0 Å². The third-order valence-corrected chi connectivity index (χ3v) is 3.04. The van der Waals surface area contributed by atoms with E-state index in [4.69, 9.17) is 0 Å². The van der Waals surface area contributed by atoms with E-state index in [1.807, 2.05) is 6.07 Å². The number of piperazine rings is 1. The van der Waals surface area contributed by atoms with Crippen LogP contribution in [0.3, 0.4) is 0 Å². The summed E-state index contributed by atoms with van der Waals surface area (Å²) in [5.41, 5.74) is 1.53. The van der Waals surface area contributed by atoms with Crippen molar-refractivity contribution in [3.8, 4) is 0 Å². The van der Waals surface area contributed by atoms with E-state index < -0.39 is 0 Å². The number of hydrogen-bond acceptors (Lipinski definition) is 4. The molecule has 17 heavy (non-hydrogen) atoms. The Morgan fingerprint density at radius 1 is 1.59 bits per heavy atom. The highest BCUT2D eigenvalue weighted by molar-refractivity contribution is 5.92. The average Bonchev–Trinajstić information content (AvgIpc) is 2.39. The number of pyridine rings is 1. The zero-order valence-electron chi connectivity index (χ0n) is 10.2. The standard InChI is InChI=1S/C12H18N4O/c1-9-7-14-5-6-16(9)10-3-4-11(15-8-10)12(17)13-2/h3-4,8-9,14H,5-7H2,1-2H3,(H,13,17). The van der Waals surface area contributed by atoms with Gasteiger partial charge in [0.1, 0.15) is 5.69 Å². The summed E-state index contributed by atoms with van der Waals surface area (Å²) < 4.78 is 0. The molecule has 1 atom stereocenters. The summed E-state index contributed by atoms with van der Waals surface area (Å²) >= 11 is 0. The highest BCUT2D eigenvalue weighted by Crippen LogP contribution is 2.17. The van der Waals surface area contributed by atoms with Crippen LogP contribution in [-0.4, -0.2) is 43.6 Å². The van der Waals surface area contributed by atoms with Gasteiger partial charge in [0.05, 0.1) is 11.9 Å². The van der Waals surface area contributed by atoms with Crippen LogP contribution in [0.15, 0.2) is 18.3 Å². The number of aromatic nitrogens is 1. The Kier molecular flexibility index (Phi) is 3.58. The molecule has 2 rings (SSSR count). The van der Waals surface area contributed by atoms with E-state index in [-0.39, 0.29) is 5.91 Å². The number of nitrogens with one attached hydrogen (secondary N) is 2. The highest BCUT2D eigenvalue weighted by atomic mass is 16.1. The van der Waals surface area contributed by atoms with Crippen molar-refractivity contribution in [3.05, 3.63) is 24.0 Å². The number of amides is 1. The quantitative estimate of drug-likeness (QED) is 0.769. The minimum absolute atomic E-state index is 0.148. The van der Waals surface area contributed by atoms with Crippen molar-refractivity contribution in [3.63, 3.8) is 0 Å². The second-order valence-electron chi connectivity index (χ2n) is 4.23. The van der Waals surface area contributed by atoms with Crippen LogP contribution in [0.25, 0.3) is 0 Å². The van der Waals surface area contributed by atoms with Gasteiger partial charge in [0.2, 0.25) is 0 Å². The van der Waals surface area contributed by atoms with Crippen molar-refractivity contribution in [1.82, 2.24) is 15.6 Å². The lowest BCUT2D eigenvalue weighted by molar-refractivity contribution is 0.0958. The van der Waals surface area contributed by atoms with E-state index in [2.05, 4.69) is 27.4 Å². The summed E-state index contributed by atoms with van der Waals surface area (Å²) in [6.07, 6.45) is 1.77. The third-order valence-electron chi connectivity index (χ3n) is 3.04. The van der Waals surface area contributed by atoms with Crippen molar-refractivity contribution in [2.75, 3.05) is 31.6 Å². The normalized spacial score (nSPS) is 20.1. The molecule has 1 aliphatic heterocycles. The fourth-order valence-electron chi connectivity index (χ4n) is 2.04. The molecule has 0 radical (unpaired) electrons. The maximum atomic E-state index is 11.4. The van der Waals surface area contributed by atoms with Crippen molar-refractivity contribution in [2.45, 2.75) is 13.0 Å². The van der Waals surface area contributed by atoms with Gasteiger partial charge in [-0.2, -0.15) is 0 Å². The Labute approximate surface area is 101 Å². The SMILES string of the molecule is CNC(=O)c1ccc(N2CCNCC2C)cn1. The Balaban J connectivity index is 2.14. The number of hydrogen-bond donors (Lipinski definition) is 2. The summed E-state index contributed by atoms with van der Waals surface area (Å²) in [6.45, 7) is 5.12. The topological polar surface area (TPSA) is 57.3 Å². The first-order valence-electron chi connectivity index (χ1n) is 5.88. The van der Waals surface area contributed by atoms with E-state index in [0.29, 0.717) is 11.7 Å². The molecular weight excluding hydrogens is 216 g/mol. The van der Waals surface area contributed by atoms with E-state index >= 15 is 0 Å². The molecule has 0 bridgehead atoms. The van der Waals surface area contributed by atoms with Gasteiger partial charge in [0, 0.05) is 32.7 Å². The fourth-order valence-corrected chi connectivity index (χ4v) is 2.04. The number of carbonyl (C=O) groups is 1. The van der Waals surface area contributed by atoms with Crippen molar-refractivity contribution >= 4 is 11.6 Å². The molecule has 0 aliphatic carbocycles. The van der Waals surface area contributed by atoms with Crippen LogP contribution < -0.4 is 15.5 Å². The second kappa shape index (κ2) is 5.14. The predicted octanol–water partition coefficient (Wildman–Crippen LogP) is 0.239. The summed E-state index contributed by atoms with van der Waals surface area (Å²) in [7, 11) is 1.61. The van der Waals surface area contributed by atoms with Crippen LogP contribution >= 0.6 is 0 Å². The van der Waals surface area contributed by atoms with E-state index in [1.165, 1.54) is 0 Å².